The fourth-order valence-corrected chi connectivity index (χ4v) is 5.10. The second kappa shape index (κ2) is 12.5. The topological polar surface area (TPSA) is 37.4 Å². The van der Waals surface area contributed by atoms with Crippen molar-refractivity contribution >= 4 is 10.0 Å². The molecular formula is C26H35NO2S. The van der Waals surface area contributed by atoms with Crippen molar-refractivity contribution in [2.45, 2.75) is 56.9 Å². The number of sulfonamides is 1. The van der Waals surface area contributed by atoms with Crippen molar-refractivity contribution in [1.82, 2.24) is 4.31 Å². The van der Waals surface area contributed by atoms with Crippen LogP contribution in [0.25, 0.3) is 0 Å². The number of allylic oxidation sites excluding steroid dienone is 2. The molecule has 0 radical (unpaired) electrons. The Labute approximate surface area is 183 Å². The first-order valence-electron chi connectivity index (χ1n) is 10.8. The summed E-state index contributed by atoms with van der Waals surface area (Å²) in [6, 6.07) is 16.9. The van der Waals surface area contributed by atoms with Gasteiger partial charge in [-0.3, -0.25) is 0 Å². The predicted octanol–water partition coefficient (Wildman–Crippen LogP) is 6.51. The minimum atomic E-state index is -3.53. The van der Waals surface area contributed by atoms with Crippen molar-refractivity contribution in [3.8, 4) is 0 Å². The van der Waals surface area contributed by atoms with Crippen LogP contribution < -0.4 is 0 Å². The Balaban J connectivity index is 2.02. The zero-order chi connectivity index (χ0) is 21.8. The van der Waals surface area contributed by atoms with E-state index in [1.54, 1.807) is 16.4 Å². The summed E-state index contributed by atoms with van der Waals surface area (Å²) in [6.07, 6.45) is 10.1. The minimum Gasteiger partial charge on any atom is -0.207 e. The zero-order valence-electron chi connectivity index (χ0n) is 18.2. The van der Waals surface area contributed by atoms with Crippen LogP contribution >= 0.6 is 0 Å². The van der Waals surface area contributed by atoms with E-state index in [9.17, 15) is 8.42 Å². The maximum Gasteiger partial charge on any atom is 0.243 e. The molecule has 4 heteroatoms. The molecule has 0 amide bonds. The van der Waals surface area contributed by atoms with Gasteiger partial charge in [0.05, 0.1) is 4.90 Å². The maximum atomic E-state index is 13.3. The van der Waals surface area contributed by atoms with E-state index in [-0.39, 0.29) is 0 Å². The number of nitrogens with zero attached hydrogens (tertiary/aromatic N) is 1. The molecule has 0 saturated carbocycles. The Bertz CT molecular complexity index is 863. The quantitative estimate of drug-likeness (QED) is 0.255. The molecule has 2 aromatic carbocycles. The van der Waals surface area contributed by atoms with Crippen molar-refractivity contribution < 1.29 is 8.42 Å². The molecule has 0 aromatic heterocycles. The van der Waals surface area contributed by atoms with Crippen LogP contribution in [-0.2, 0) is 16.6 Å². The third-order valence-electron chi connectivity index (χ3n) is 5.38. The molecule has 0 aliphatic rings. The highest BCUT2D eigenvalue weighted by Crippen LogP contribution is 2.22. The number of rotatable bonds is 14. The van der Waals surface area contributed by atoms with Crippen LogP contribution in [0.1, 0.15) is 49.7 Å². The van der Waals surface area contributed by atoms with Gasteiger partial charge in [0.15, 0.2) is 0 Å². The maximum absolute atomic E-state index is 13.3. The molecule has 0 aliphatic heterocycles. The number of unbranched alkanes of at least 4 members (excludes halogenated alkanes) is 2. The fraction of sp³-hybridized carbons (Fsp3) is 0.385. The predicted molar refractivity (Wildman–Crippen MR) is 127 cm³/mol. The van der Waals surface area contributed by atoms with Gasteiger partial charge >= 0.3 is 0 Å². The monoisotopic (exact) mass is 425 g/mol. The summed E-state index contributed by atoms with van der Waals surface area (Å²) < 4.78 is 28.2. The third kappa shape index (κ3) is 7.58. The van der Waals surface area contributed by atoms with Crippen molar-refractivity contribution in [3.05, 3.63) is 91.0 Å². The van der Waals surface area contributed by atoms with Gasteiger partial charge in [-0.25, -0.2) is 8.42 Å². The first-order chi connectivity index (χ1) is 14.5. The molecule has 0 heterocycles. The van der Waals surface area contributed by atoms with Gasteiger partial charge < -0.3 is 0 Å². The average Bonchev–Trinajstić information content (AvgIpc) is 2.74. The van der Waals surface area contributed by atoms with E-state index in [0.717, 1.165) is 49.7 Å². The molecule has 0 atom stereocenters. The van der Waals surface area contributed by atoms with Gasteiger partial charge in [0, 0.05) is 13.1 Å². The van der Waals surface area contributed by atoms with Crippen LogP contribution in [0, 0.1) is 12.8 Å². The molecule has 0 unspecified atom stereocenters. The van der Waals surface area contributed by atoms with Gasteiger partial charge in [0.25, 0.3) is 0 Å². The Morgan fingerprint density at radius 3 is 2.13 bits per heavy atom. The van der Waals surface area contributed by atoms with Gasteiger partial charge in [-0.15, -0.1) is 13.2 Å². The number of hydrogen-bond acceptors (Lipinski definition) is 2. The lowest BCUT2D eigenvalue weighted by molar-refractivity contribution is 0.384. The number of aryl methyl sites for hydroxylation is 1. The van der Waals surface area contributed by atoms with Crippen LogP contribution in [0.5, 0.6) is 0 Å². The third-order valence-corrected chi connectivity index (χ3v) is 7.24. The van der Waals surface area contributed by atoms with Crippen molar-refractivity contribution in [1.29, 1.82) is 0 Å². The first kappa shape index (κ1) is 24.1. The van der Waals surface area contributed by atoms with E-state index in [2.05, 4.69) is 13.2 Å². The standard InChI is InChI=1S/C26H35NO2S/c1-4-12-24(13-5-2)14-10-7-11-21-27(22-25-15-8-6-9-16-25)30(28,29)26-19-17-23(3)18-20-26/h4-6,8-9,15-20,24H,1-2,7,10-14,21-22H2,3H3. The van der Waals surface area contributed by atoms with E-state index in [1.807, 2.05) is 61.5 Å². The number of benzene rings is 2. The molecule has 2 rings (SSSR count). The lowest BCUT2D eigenvalue weighted by atomic mass is 9.94. The highest BCUT2D eigenvalue weighted by atomic mass is 32.2. The summed E-state index contributed by atoms with van der Waals surface area (Å²) in [4.78, 5) is 0.362. The molecule has 2 aromatic rings. The molecule has 0 spiro atoms. The smallest absolute Gasteiger partial charge is 0.207 e. The SMILES string of the molecule is C=CCC(CC=C)CCCCCN(Cc1ccccc1)S(=O)(=O)c1ccc(C)cc1. The molecule has 30 heavy (non-hydrogen) atoms. The van der Waals surface area contributed by atoms with Gasteiger partial charge in [-0.1, -0.05) is 73.0 Å². The molecule has 3 nitrogen and oxygen atoms in total. The highest BCUT2D eigenvalue weighted by molar-refractivity contribution is 7.89. The van der Waals surface area contributed by atoms with E-state index < -0.39 is 10.0 Å². The Hall–Kier alpha value is -2.17. The molecule has 162 valence electrons. The van der Waals surface area contributed by atoms with Crippen molar-refractivity contribution in [2.24, 2.45) is 5.92 Å². The van der Waals surface area contributed by atoms with E-state index >= 15 is 0 Å². The van der Waals surface area contributed by atoms with Gasteiger partial charge in [-0.05, 0) is 56.2 Å². The lowest BCUT2D eigenvalue weighted by Crippen LogP contribution is -2.31. The minimum absolute atomic E-state index is 0.362. The zero-order valence-corrected chi connectivity index (χ0v) is 19.0. The summed E-state index contributed by atoms with van der Waals surface area (Å²) in [6.45, 7) is 10.6. The van der Waals surface area contributed by atoms with Gasteiger partial charge in [-0.2, -0.15) is 4.31 Å². The Morgan fingerprint density at radius 1 is 0.900 bits per heavy atom. The summed E-state index contributed by atoms with van der Waals surface area (Å²) in [5.74, 6) is 0.594. The number of hydrogen-bond donors (Lipinski definition) is 0. The average molecular weight is 426 g/mol. The summed E-state index contributed by atoms with van der Waals surface area (Å²) >= 11 is 0. The second-order valence-electron chi connectivity index (χ2n) is 7.90. The Morgan fingerprint density at radius 2 is 1.53 bits per heavy atom. The van der Waals surface area contributed by atoms with E-state index in [1.165, 1.54) is 0 Å². The van der Waals surface area contributed by atoms with Crippen LogP contribution in [0.2, 0.25) is 0 Å². The van der Waals surface area contributed by atoms with Crippen LogP contribution in [0.4, 0.5) is 0 Å². The van der Waals surface area contributed by atoms with Crippen molar-refractivity contribution in [2.75, 3.05) is 6.54 Å². The highest BCUT2D eigenvalue weighted by Gasteiger charge is 2.24. The van der Waals surface area contributed by atoms with Gasteiger partial charge in [0.1, 0.15) is 0 Å². The molecule has 0 N–H and O–H groups in total. The normalized spacial score (nSPS) is 11.7. The summed E-state index contributed by atoms with van der Waals surface area (Å²) in [5, 5.41) is 0. The van der Waals surface area contributed by atoms with Crippen LogP contribution in [0.15, 0.2) is 84.8 Å². The van der Waals surface area contributed by atoms with Crippen LogP contribution in [-0.4, -0.2) is 19.3 Å². The largest absolute Gasteiger partial charge is 0.243 e. The van der Waals surface area contributed by atoms with E-state index in [4.69, 9.17) is 0 Å². The van der Waals surface area contributed by atoms with Gasteiger partial charge in [0.2, 0.25) is 10.0 Å². The molecule has 0 fully saturated rings. The molecule has 0 saturated heterocycles. The summed E-state index contributed by atoms with van der Waals surface area (Å²) in [5.41, 5.74) is 2.06. The van der Waals surface area contributed by atoms with Crippen LogP contribution in [0.3, 0.4) is 0 Å². The molecule has 0 aliphatic carbocycles. The fourth-order valence-electron chi connectivity index (χ4n) is 3.63. The molecular weight excluding hydrogens is 390 g/mol. The summed E-state index contributed by atoms with van der Waals surface area (Å²) in [7, 11) is -3.53. The molecule has 0 bridgehead atoms. The Kier molecular flexibility index (Phi) is 10.0. The lowest BCUT2D eigenvalue weighted by Gasteiger charge is -2.23. The van der Waals surface area contributed by atoms with E-state index in [0.29, 0.717) is 23.9 Å². The first-order valence-corrected chi connectivity index (χ1v) is 12.2. The van der Waals surface area contributed by atoms with Crippen molar-refractivity contribution in [3.63, 3.8) is 0 Å². The second-order valence-corrected chi connectivity index (χ2v) is 9.84.